The summed E-state index contributed by atoms with van der Waals surface area (Å²) in [7, 11) is 0. The number of alkyl halides is 3. The molecular formula is C9H5Cl3F2O2. The maximum Gasteiger partial charge on any atom is 0.387 e. The Morgan fingerprint density at radius 1 is 1.38 bits per heavy atom. The Bertz CT molecular complexity index is 410. The maximum atomic E-state index is 12.0. The van der Waals surface area contributed by atoms with E-state index in [4.69, 9.17) is 34.8 Å². The summed E-state index contributed by atoms with van der Waals surface area (Å²) in [5, 5.41) is -0.226. The average Bonchev–Trinajstić information content (AvgIpc) is 2.21. The Morgan fingerprint density at radius 3 is 2.50 bits per heavy atom. The second kappa shape index (κ2) is 5.66. The highest BCUT2D eigenvalue weighted by Crippen LogP contribution is 2.34. The highest BCUT2D eigenvalue weighted by atomic mass is 35.5. The largest absolute Gasteiger partial charge is 0.433 e. The van der Waals surface area contributed by atoms with E-state index in [9.17, 15) is 13.6 Å². The van der Waals surface area contributed by atoms with Gasteiger partial charge in [0.2, 0.25) is 0 Å². The molecular weight excluding hydrogens is 284 g/mol. The summed E-state index contributed by atoms with van der Waals surface area (Å²) in [4.78, 5) is 11.3. The minimum Gasteiger partial charge on any atom is -0.433 e. The zero-order chi connectivity index (χ0) is 12.3. The van der Waals surface area contributed by atoms with E-state index in [1.165, 1.54) is 6.07 Å². The number of hydrogen-bond donors (Lipinski definition) is 0. The molecule has 1 aromatic rings. The van der Waals surface area contributed by atoms with Gasteiger partial charge in [0.25, 0.3) is 0 Å². The molecule has 1 rings (SSSR count). The minimum atomic E-state index is -3.03. The van der Waals surface area contributed by atoms with Gasteiger partial charge < -0.3 is 4.74 Å². The van der Waals surface area contributed by atoms with Crippen molar-refractivity contribution in [1.29, 1.82) is 0 Å². The maximum absolute atomic E-state index is 12.0. The Kier molecular flexibility index (Phi) is 4.77. The van der Waals surface area contributed by atoms with E-state index in [0.29, 0.717) is 0 Å². The molecule has 2 nitrogen and oxygen atoms in total. The molecule has 0 saturated carbocycles. The molecule has 88 valence electrons. The van der Waals surface area contributed by atoms with E-state index in [0.717, 1.165) is 6.07 Å². The van der Waals surface area contributed by atoms with Gasteiger partial charge in [-0.25, -0.2) is 0 Å². The van der Waals surface area contributed by atoms with Gasteiger partial charge in [0.15, 0.2) is 5.78 Å². The van der Waals surface area contributed by atoms with Crippen LogP contribution in [0.5, 0.6) is 5.75 Å². The van der Waals surface area contributed by atoms with Crippen LogP contribution in [0.3, 0.4) is 0 Å². The average molecular weight is 289 g/mol. The lowest BCUT2D eigenvalue weighted by atomic mass is 10.1. The first-order valence-corrected chi connectivity index (χ1v) is 5.28. The van der Waals surface area contributed by atoms with Gasteiger partial charge >= 0.3 is 6.61 Å². The van der Waals surface area contributed by atoms with E-state index in [2.05, 4.69) is 4.74 Å². The first-order chi connectivity index (χ1) is 7.47. The van der Waals surface area contributed by atoms with Crippen molar-refractivity contribution in [2.45, 2.75) is 6.61 Å². The Morgan fingerprint density at radius 2 is 2.00 bits per heavy atom. The Labute approximate surface area is 105 Å². The van der Waals surface area contributed by atoms with Crippen LogP contribution in [0.2, 0.25) is 10.0 Å². The van der Waals surface area contributed by atoms with Crippen LogP contribution in [-0.4, -0.2) is 18.3 Å². The molecule has 0 bridgehead atoms. The summed E-state index contributed by atoms with van der Waals surface area (Å²) in [5.74, 6) is -1.22. The monoisotopic (exact) mass is 288 g/mol. The molecule has 0 N–H and O–H groups in total. The zero-order valence-corrected chi connectivity index (χ0v) is 9.91. The lowest BCUT2D eigenvalue weighted by Gasteiger charge is -2.10. The molecule has 7 heteroatoms. The molecule has 0 radical (unpaired) electrons. The molecule has 0 aliphatic heterocycles. The van der Waals surface area contributed by atoms with Crippen molar-refractivity contribution in [3.05, 3.63) is 27.7 Å². The number of benzene rings is 1. The third-order valence-electron chi connectivity index (χ3n) is 1.67. The first-order valence-electron chi connectivity index (χ1n) is 3.99. The normalized spacial score (nSPS) is 10.6. The van der Waals surface area contributed by atoms with E-state index in [-0.39, 0.29) is 27.2 Å². The molecule has 0 atom stereocenters. The molecule has 1 aromatic carbocycles. The highest BCUT2D eigenvalue weighted by Gasteiger charge is 2.19. The van der Waals surface area contributed by atoms with E-state index in [1.807, 2.05) is 0 Å². The van der Waals surface area contributed by atoms with Crippen molar-refractivity contribution in [2.24, 2.45) is 0 Å². The van der Waals surface area contributed by atoms with Gasteiger partial charge in [-0.15, -0.1) is 11.6 Å². The van der Waals surface area contributed by atoms with E-state index >= 15 is 0 Å². The second-order valence-corrected chi connectivity index (χ2v) is 3.72. The van der Waals surface area contributed by atoms with Crippen LogP contribution in [0.15, 0.2) is 12.1 Å². The fourth-order valence-electron chi connectivity index (χ4n) is 1.04. The SMILES string of the molecule is O=C(CCl)c1c(Cl)ccc(OC(F)F)c1Cl. The quantitative estimate of drug-likeness (QED) is 0.618. The Hall–Kier alpha value is -0.580. The van der Waals surface area contributed by atoms with Crippen molar-refractivity contribution in [2.75, 3.05) is 5.88 Å². The van der Waals surface area contributed by atoms with Gasteiger partial charge in [-0.2, -0.15) is 8.78 Å². The van der Waals surface area contributed by atoms with Crippen molar-refractivity contribution in [3.63, 3.8) is 0 Å². The first kappa shape index (κ1) is 13.5. The van der Waals surface area contributed by atoms with E-state index < -0.39 is 12.4 Å². The molecule has 0 saturated heterocycles. The van der Waals surface area contributed by atoms with E-state index in [1.54, 1.807) is 0 Å². The van der Waals surface area contributed by atoms with Crippen molar-refractivity contribution >= 4 is 40.6 Å². The number of halogens is 5. The second-order valence-electron chi connectivity index (χ2n) is 2.67. The number of rotatable bonds is 4. The van der Waals surface area contributed by atoms with Crippen molar-refractivity contribution in [1.82, 2.24) is 0 Å². The van der Waals surface area contributed by atoms with Gasteiger partial charge in [0, 0.05) is 0 Å². The standard InChI is InChI=1S/C9H5Cl3F2O2/c10-3-5(15)7-4(11)1-2-6(8(7)12)16-9(13)14/h1-2,9H,3H2. The molecule has 0 aliphatic carbocycles. The Balaban J connectivity index is 3.21. The fourth-order valence-corrected chi connectivity index (χ4v) is 1.80. The molecule has 0 heterocycles. The highest BCUT2D eigenvalue weighted by molar-refractivity contribution is 6.43. The van der Waals surface area contributed by atoms with Gasteiger partial charge in [-0.05, 0) is 12.1 Å². The van der Waals surface area contributed by atoms with Crippen molar-refractivity contribution < 1.29 is 18.3 Å². The predicted octanol–water partition coefficient (Wildman–Crippen LogP) is 4.02. The molecule has 0 unspecified atom stereocenters. The third-order valence-corrected chi connectivity index (χ3v) is 2.60. The number of Topliss-reactive ketones (excluding diaryl/α,β-unsaturated/α-hetero) is 1. The summed E-state index contributed by atoms with van der Waals surface area (Å²) in [6.07, 6.45) is 0. The number of ketones is 1. The van der Waals surface area contributed by atoms with Crippen LogP contribution in [0, 0.1) is 0 Å². The van der Waals surface area contributed by atoms with Gasteiger partial charge in [-0.3, -0.25) is 4.79 Å². The van der Waals surface area contributed by atoms with Gasteiger partial charge in [0.05, 0.1) is 21.5 Å². The van der Waals surface area contributed by atoms with Gasteiger partial charge in [0.1, 0.15) is 5.75 Å². The third kappa shape index (κ3) is 2.97. The number of ether oxygens (including phenoxy) is 1. The molecule has 0 aromatic heterocycles. The summed E-state index contributed by atoms with van der Waals surface area (Å²) >= 11 is 16.7. The lowest BCUT2D eigenvalue weighted by molar-refractivity contribution is -0.0498. The topological polar surface area (TPSA) is 26.3 Å². The van der Waals surface area contributed by atoms with Crippen LogP contribution in [0.1, 0.15) is 10.4 Å². The molecule has 0 spiro atoms. The van der Waals surface area contributed by atoms with Crippen molar-refractivity contribution in [3.8, 4) is 5.75 Å². The number of carbonyl (C=O) groups is 1. The molecule has 0 amide bonds. The smallest absolute Gasteiger partial charge is 0.387 e. The molecule has 0 fully saturated rings. The van der Waals surface area contributed by atoms with Crippen LogP contribution < -0.4 is 4.74 Å². The predicted molar refractivity (Wildman–Crippen MR) is 58.1 cm³/mol. The molecule has 0 aliphatic rings. The minimum absolute atomic E-state index is 0.0391. The van der Waals surface area contributed by atoms with Gasteiger partial charge in [-0.1, -0.05) is 23.2 Å². The summed E-state index contributed by atoms with van der Waals surface area (Å²) < 4.78 is 28.1. The number of carbonyl (C=O) groups excluding carboxylic acids is 1. The summed E-state index contributed by atoms with van der Waals surface area (Å²) in [6.45, 7) is -3.03. The summed E-state index contributed by atoms with van der Waals surface area (Å²) in [6, 6.07) is 2.40. The lowest BCUT2D eigenvalue weighted by Crippen LogP contribution is -2.07. The zero-order valence-electron chi connectivity index (χ0n) is 7.65. The molecule has 16 heavy (non-hydrogen) atoms. The van der Waals surface area contributed by atoms with Crippen LogP contribution in [-0.2, 0) is 0 Å². The van der Waals surface area contributed by atoms with Crippen LogP contribution in [0.4, 0.5) is 8.78 Å². The van der Waals surface area contributed by atoms with Crippen LogP contribution >= 0.6 is 34.8 Å². The number of hydrogen-bond acceptors (Lipinski definition) is 2. The fraction of sp³-hybridized carbons (Fsp3) is 0.222. The van der Waals surface area contributed by atoms with Crippen LogP contribution in [0.25, 0.3) is 0 Å². The summed E-state index contributed by atoms with van der Waals surface area (Å²) in [5.41, 5.74) is -0.114.